The summed E-state index contributed by atoms with van der Waals surface area (Å²) in [6, 6.07) is 155. The van der Waals surface area contributed by atoms with Crippen LogP contribution in [0.5, 0.6) is 0 Å². The van der Waals surface area contributed by atoms with Crippen LogP contribution in [0.1, 0.15) is 33.4 Å². The molecule has 2 aliphatic rings. The van der Waals surface area contributed by atoms with Crippen molar-refractivity contribution in [2.24, 2.45) is 0 Å². The second kappa shape index (κ2) is 24.7. The molecule has 0 fully saturated rings. The van der Waals surface area contributed by atoms with Crippen molar-refractivity contribution in [1.82, 2.24) is 0 Å². The van der Waals surface area contributed by atoms with Gasteiger partial charge in [-0.1, -0.05) is 352 Å². The van der Waals surface area contributed by atoms with Crippen molar-refractivity contribution in [2.45, 2.75) is 10.8 Å². The molecule has 0 bridgehead atoms. The predicted octanol–water partition coefficient (Wildman–Crippen LogP) is 27.2. The summed E-state index contributed by atoms with van der Waals surface area (Å²) in [7, 11) is 0. The minimum absolute atomic E-state index is 1.05. The topological polar surface area (TPSA) is 6.48 Å². The van der Waals surface area contributed by atoms with Gasteiger partial charge in [0.1, 0.15) is 0 Å². The molecule has 18 aromatic carbocycles. The Labute approximate surface area is 606 Å². The Kier molecular flexibility index (Phi) is 14.4. The lowest BCUT2D eigenvalue weighted by Gasteiger charge is -2.51. The van der Waals surface area contributed by atoms with E-state index in [2.05, 4.69) is 422 Å². The van der Waals surface area contributed by atoms with Crippen LogP contribution >= 0.6 is 0 Å². The fraction of sp³-hybridized carbons (Fsp3) is 0.0196. The highest BCUT2D eigenvalue weighted by Gasteiger charge is 2.65. The van der Waals surface area contributed by atoms with Crippen LogP contribution in [0, 0.1) is 0 Å². The van der Waals surface area contributed by atoms with Crippen LogP contribution in [0.3, 0.4) is 0 Å². The normalized spacial score (nSPS) is 14.8. The first-order chi connectivity index (χ1) is 51.6. The smallest absolute Gasteiger partial charge is 0.0642 e. The van der Waals surface area contributed by atoms with Gasteiger partial charge in [0.15, 0.2) is 0 Å². The highest BCUT2D eigenvalue weighted by atomic mass is 15.2. The molecule has 0 saturated heterocycles. The Morgan fingerprint density at radius 2 is 0.394 bits per heavy atom. The molecular weight excluding hydrogens is 1250 g/mol. The van der Waals surface area contributed by atoms with Gasteiger partial charge in [0.2, 0.25) is 0 Å². The molecule has 2 nitrogen and oxygen atoms in total. The lowest BCUT2D eigenvalue weighted by molar-refractivity contribution is 0.438. The van der Waals surface area contributed by atoms with Crippen LogP contribution in [0.25, 0.3) is 110 Å². The molecule has 104 heavy (non-hydrogen) atoms. The lowest BCUT2D eigenvalue weighted by atomic mass is 9.49. The molecule has 2 atom stereocenters. The standard InChI is InChI=1S/C102H68N2/c1-7-27-69(28-8-1)73-47-57-81(58-48-73)103(82-59-49-74(50-60-82)70-29-9-2-10-30-70)95-67-93-99(89-45-25-23-43-87(89)95)97-85-41-21-19-35-77(85)55-65-91(97)101(93,79-37-15-5-16-38-79)102(80-39-17-6-18-40-80)92-66-56-78-36-20-22-42-86(78)98(92)100-90-46-26-24-44-88(90)96(68-94(100)102)104(83-61-51-75(52-62-83)71-31-11-3-12-32-71)84-63-53-76(54-64-84)72-33-13-4-14-34-72/h1-68H. The minimum atomic E-state index is -1.05. The lowest BCUT2D eigenvalue weighted by Crippen LogP contribution is -2.50. The van der Waals surface area contributed by atoms with Crippen molar-refractivity contribution in [3.05, 3.63) is 446 Å². The van der Waals surface area contributed by atoms with Gasteiger partial charge in [-0.3, -0.25) is 0 Å². The number of fused-ring (bicyclic) bond motifs is 14. The minimum Gasteiger partial charge on any atom is -0.310 e. The Morgan fingerprint density at radius 1 is 0.163 bits per heavy atom. The van der Waals surface area contributed by atoms with Crippen LogP contribution in [0.2, 0.25) is 0 Å². The SMILES string of the molecule is c1ccc(-c2ccc(N(c3ccc(-c4ccccc4)cc3)c3cc4c(c5ccccc35)-c3c(ccc5ccccc35)C4(c3ccccc3)C3(c4ccccc4)c4ccc5ccccc5c4-c4c3cc(N(c3ccc(-c5ccccc5)cc3)c3ccc(-c5ccccc5)cc3)c3ccccc43)cc2)cc1. The van der Waals surface area contributed by atoms with E-state index in [1.807, 2.05) is 0 Å². The summed E-state index contributed by atoms with van der Waals surface area (Å²) in [5.74, 6) is 0. The van der Waals surface area contributed by atoms with E-state index in [1.165, 1.54) is 110 Å². The fourth-order valence-corrected chi connectivity index (χ4v) is 18.0. The van der Waals surface area contributed by atoms with Gasteiger partial charge >= 0.3 is 0 Å². The summed E-state index contributed by atoms with van der Waals surface area (Å²) in [5, 5.41) is 9.50. The Hall–Kier alpha value is -13.4. The number of hydrogen-bond donors (Lipinski definition) is 0. The zero-order chi connectivity index (χ0) is 68.7. The monoisotopic (exact) mass is 1320 g/mol. The number of benzene rings is 18. The van der Waals surface area contributed by atoms with Gasteiger partial charge in [-0.2, -0.15) is 0 Å². The van der Waals surface area contributed by atoms with Crippen molar-refractivity contribution in [1.29, 1.82) is 0 Å². The summed E-state index contributed by atoms with van der Waals surface area (Å²) >= 11 is 0. The van der Waals surface area contributed by atoms with Gasteiger partial charge in [0, 0.05) is 33.5 Å². The molecule has 0 saturated carbocycles. The van der Waals surface area contributed by atoms with Gasteiger partial charge in [-0.25, -0.2) is 0 Å². The van der Waals surface area contributed by atoms with Crippen molar-refractivity contribution < 1.29 is 0 Å². The van der Waals surface area contributed by atoms with Crippen molar-refractivity contribution in [3.63, 3.8) is 0 Å². The fourth-order valence-electron chi connectivity index (χ4n) is 18.0. The highest BCUT2D eigenvalue weighted by molar-refractivity contribution is 6.20. The molecular formula is C102H68N2. The molecule has 486 valence electrons. The van der Waals surface area contributed by atoms with Gasteiger partial charge in [0.05, 0.1) is 22.2 Å². The molecule has 0 radical (unpaired) electrons. The second-order valence-electron chi connectivity index (χ2n) is 27.7. The van der Waals surface area contributed by atoms with Crippen LogP contribution in [0.15, 0.2) is 413 Å². The highest BCUT2D eigenvalue weighted by Crippen LogP contribution is 2.73. The number of anilines is 6. The summed E-state index contributed by atoms with van der Waals surface area (Å²) in [6.07, 6.45) is 0. The van der Waals surface area contributed by atoms with Gasteiger partial charge in [0.25, 0.3) is 0 Å². The third kappa shape index (κ3) is 9.35. The van der Waals surface area contributed by atoms with E-state index >= 15 is 0 Å². The van der Waals surface area contributed by atoms with E-state index in [0.29, 0.717) is 0 Å². The third-order valence-corrected chi connectivity index (χ3v) is 22.4. The molecule has 0 N–H and O–H groups in total. The number of rotatable bonds is 13. The molecule has 20 rings (SSSR count). The maximum Gasteiger partial charge on any atom is 0.0642 e. The van der Waals surface area contributed by atoms with E-state index in [-0.39, 0.29) is 0 Å². The summed E-state index contributed by atoms with van der Waals surface area (Å²) < 4.78 is 0. The van der Waals surface area contributed by atoms with Crippen LogP contribution in [-0.4, -0.2) is 0 Å². The zero-order valence-corrected chi connectivity index (χ0v) is 57.2. The zero-order valence-electron chi connectivity index (χ0n) is 57.2. The average Bonchev–Trinajstić information content (AvgIpc) is 1.46. The molecule has 0 aliphatic heterocycles. The number of nitrogens with zero attached hydrogens (tertiary/aromatic N) is 2. The predicted molar refractivity (Wildman–Crippen MR) is 438 cm³/mol. The van der Waals surface area contributed by atoms with E-state index in [0.717, 1.165) is 67.2 Å². The van der Waals surface area contributed by atoms with E-state index in [9.17, 15) is 0 Å². The van der Waals surface area contributed by atoms with Crippen LogP contribution in [0.4, 0.5) is 34.1 Å². The maximum atomic E-state index is 2.65. The molecule has 18 aromatic rings. The molecule has 2 aliphatic carbocycles. The molecule has 0 heterocycles. The molecule has 0 spiro atoms. The van der Waals surface area contributed by atoms with Gasteiger partial charge < -0.3 is 9.80 Å². The Morgan fingerprint density at radius 3 is 0.692 bits per heavy atom. The quantitative estimate of drug-likeness (QED) is 0.114. The van der Waals surface area contributed by atoms with Crippen molar-refractivity contribution >= 4 is 77.2 Å². The van der Waals surface area contributed by atoms with Crippen molar-refractivity contribution in [2.75, 3.05) is 9.80 Å². The van der Waals surface area contributed by atoms with Crippen LogP contribution < -0.4 is 9.80 Å². The summed E-state index contributed by atoms with van der Waals surface area (Å²) in [4.78, 5) is 5.08. The van der Waals surface area contributed by atoms with E-state index in [1.54, 1.807) is 0 Å². The largest absolute Gasteiger partial charge is 0.310 e. The average molecular weight is 1320 g/mol. The maximum absolute atomic E-state index is 2.65. The third-order valence-electron chi connectivity index (χ3n) is 22.4. The summed E-state index contributed by atoms with van der Waals surface area (Å²) in [6.45, 7) is 0. The molecule has 0 aromatic heterocycles. The van der Waals surface area contributed by atoms with E-state index in [4.69, 9.17) is 0 Å². The van der Waals surface area contributed by atoms with E-state index < -0.39 is 10.8 Å². The van der Waals surface area contributed by atoms with Gasteiger partial charge in [-0.15, -0.1) is 0 Å². The summed E-state index contributed by atoms with van der Waals surface area (Å²) in [5.41, 5.74) is 26.0. The molecule has 2 heteroatoms. The first-order valence-corrected chi connectivity index (χ1v) is 36.1. The first kappa shape index (κ1) is 60.6. The second-order valence-corrected chi connectivity index (χ2v) is 27.7. The number of hydrogen-bond acceptors (Lipinski definition) is 2. The molecule has 2 unspecified atom stereocenters. The Bertz CT molecular complexity index is 5730. The van der Waals surface area contributed by atoms with Crippen LogP contribution in [-0.2, 0) is 10.8 Å². The molecule has 0 amide bonds. The Balaban J connectivity index is 0.954. The first-order valence-electron chi connectivity index (χ1n) is 36.1. The van der Waals surface area contributed by atoms with Crippen molar-refractivity contribution in [3.8, 4) is 66.8 Å². The van der Waals surface area contributed by atoms with Gasteiger partial charge in [-0.05, 0) is 193 Å².